The summed E-state index contributed by atoms with van der Waals surface area (Å²) in [5.74, 6) is 0. The van der Waals surface area contributed by atoms with Crippen molar-refractivity contribution in [2.75, 3.05) is 0 Å². The highest BCUT2D eigenvalue weighted by atomic mass is 14.7. The van der Waals surface area contributed by atoms with Crippen LogP contribution in [0.15, 0.2) is 34.0 Å². The average Bonchev–Trinajstić information content (AvgIpc) is 2.00. The Labute approximate surface area is 68.1 Å². The second kappa shape index (κ2) is 5.59. The fourth-order valence-corrected chi connectivity index (χ4v) is 0.519. The van der Waals surface area contributed by atoms with Crippen molar-refractivity contribution >= 4 is 12.4 Å². The van der Waals surface area contributed by atoms with Gasteiger partial charge in [0.2, 0.25) is 0 Å². The Bertz CT molecular complexity index is 210. The molecule has 0 spiro atoms. The maximum absolute atomic E-state index is 4.02. The summed E-state index contributed by atoms with van der Waals surface area (Å²) in [4.78, 5) is 7.97. The number of rotatable bonds is 3. The molecule has 2 nitrogen and oxygen atoms in total. The van der Waals surface area contributed by atoms with E-state index >= 15 is 0 Å². The standard InChI is InChI=1S/C9H14N2/c1-5-10-7-8(3)9(4)11-6-2/h5-7H,4H2,1-3H3/b8-7+,10-5?,11-6?. The summed E-state index contributed by atoms with van der Waals surface area (Å²) in [6.07, 6.45) is 5.19. The van der Waals surface area contributed by atoms with Gasteiger partial charge in [-0.2, -0.15) is 0 Å². The molecular weight excluding hydrogens is 136 g/mol. The Kier molecular flexibility index (Phi) is 4.99. The molecule has 0 aliphatic carbocycles. The van der Waals surface area contributed by atoms with Gasteiger partial charge in [-0.1, -0.05) is 6.58 Å². The summed E-state index contributed by atoms with van der Waals surface area (Å²) in [7, 11) is 0. The van der Waals surface area contributed by atoms with Crippen LogP contribution < -0.4 is 0 Å². The first-order valence-corrected chi connectivity index (χ1v) is 3.55. The third-order valence-electron chi connectivity index (χ3n) is 1.16. The lowest BCUT2D eigenvalue weighted by molar-refractivity contribution is 1.28. The zero-order chi connectivity index (χ0) is 8.69. The number of allylic oxidation sites excluding steroid dienone is 1. The maximum atomic E-state index is 4.02. The molecule has 0 atom stereocenters. The highest BCUT2D eigenvalue weighted by molar-refractivity contribution is 5.57. The molecule has 0 fully saturated rings. The molecule has 0 radical (unpaired) electrons. The maximum Gasteiger partial charge on any atom is 0.0598 e. The van der Waals surface area contributed by atoms with Crippen LogP contribution in [0.25, 0.3) is 0 Å². The minimum Gasteiger partial charge on any atom is -0.269 e. The van der Waals surface area contributed by atoms with Crippen molar-refractivity contribution in [2.24, 2.45) is 9.98 Å². The van der Waals surface area contributed by atoms with Gasteiger partial charge in [0, 0.05) is 18.6 Å². The molecule has 0 aromatic carbocycles. The van der Waals surface area contributed by atoms with Crippen LogP contribution in [0, 0.1) is 0 Å². The molecule has 0 amide bonds. The van der Waals surface area contributed by atoms with Crippen molar-refractivity contribution in [1.29, 1.82) is 0 Å². The van der Waals surface area contributed by atoms with Crippen molar-refractivity contribution in [3.8, 4) is 0 Å². The van der Waals surface area contributed by atoms with Crippen molar-refractivity contribution < 1.29 is 0 Å². The molecule has 2 heteroatoms. The lowest BCUT2D eigenvalue weighted by atomic mass is 10.3. The molecule has 0 saturated carbocycles. The summed E-state index contributed by atoms with van der Waals surface area (Å²) < 4.78 is 0. The van der Waals surface area contributed by atoms with E-state index in [1.165, 1.54) is 0 Å². The average molecular weight is 150 g/mol. The Balaban J connectivity index is 4.23. The molecule has 0 aliphatic heterocycles. The van der Waals surface area contributed by atoms with Crippen LogP contribution in [0.3, 0.4) is 0 Å². The van der Waals surface area contributed by atoms with Crippen LogP contribution in [0.1, 0.15) is 20.8 Å². The van der Waals surface area contributed by atoms with E-state index in [1.807, 2.05) is 20.8 Å². The van der Waals surface area contributed by atoms with Crippen LogP contribution in [0.5, 0.6) is 0 Å². The van der Waals surface area contributed by atoms with Gasteiger partial charge < -0.3 is 0 Å². The summed E-state index contributed by atoms with van der Waals surface area (Å²) in [6.45, 7) is 9.42. The van der Waals surface area contributed by atoms with E-state index in [0.29, 0.717) is 0 Å². The molecule has 0 saturated heterocycles. The molecule has 0 heterocycles. The van der Waals surface area contributed by atoms with Gasteiger partial charge in [-0.25, -0.2) is 0 Å². The third kappa shape index (κ3) is 4.25. The first kappa shape index (κ1) is 9.82. The molecule has 0 aromatic heterocycles. The number of aliphatic imine (C=N–C) groups is 2. The highest BCUT2D eigenvalue weighted by Crippen LogP contribution is 2.06. The molecule has 0 bridgehead atoms. The Morgan fingerprint density at radius 1 is 1.27 bits per heavy atom. The molecular formula is C9H14N2. The van der Waals surface area contributed by atoms with Crippen molar-refractivity contribution in [1.82, 2.24) is 0 Å². The van der Waals surface area contributed by atoms with Crippen molar-refractivity contribution in [2.45, 2.75) is 20.8 Å². The smallest absolute Gasteiger partial charge is 0.0598 e. The fraction of sp³-hybridized carbons (Fsp3) is 0.333. The SMILES string of the molecule is C=C(N=CC)/C(C)=C/N=CC. The second-order valence-electron chi connectivity index (χ2n) is 2.05. The largest absolute Gasteiger partial charge is 0.269 e. The van der Waals surface area contributed by atoms with Crippen LogP contribution in [0.4, 0.5) is 0 Å². The monoisotopic (exact) mass is 150 g/mol. The van der Waals surface area contributed by atoms with Crippen molar-refractivity contribution in [3.05, 3.63) is 24.0 Å². The van der Waals surface area contributed by atoms with E-state index in [4.69, 9.17) is 0 Å². The Morgan fingerprint density at radius 2 is 1.91 bits per heavy atom. The third-order valence-corrected chi connectivity index (χ3v) is 1.16. The van der Waals surface area contributed by atoms with Gasteiger partial charge in [0.1, 0.15) is 0 Å². The molecule has 60 valence electrons. The van der Waals surface area contributed by atoms with Gasteiger partial charge in [0.05, 0.1) is 5.70 Å². The lowest BCUT2D eigenvalue weighted by Crippen LogP contribution is -1.78. The van der Waals surface area contributed by atoms with Crippen LogP contribution in [0.2, 0.25) is 0 Å². The number of nitrogens with zero attached hydrogens (tertiary/aromatic N) is 2. The predicted octanol–water partition coefficient (Wildman–Crippen LogP) is 2.59. The van der Waals surface area contributed by atoms with E-state index in [9.17, 15) is 0 Å². The number of hydrogen-bond acceptors (Lipinski definition) is 2. The van der Waals surface area contributed by atoms with E-state index < -0.39 is 0 Å². The second-order valence-corrected chi connectivity index (χ2v) is 2.05. The molecule has 0 unspecified atom stereocenters. The topological polar surface area (TPSA) is 24.7 Å². The highest BCUT2D eigenvalue weighted by Gasteiger charge is 1.89. The Morgan fingerprint density at radius 3 is 2.36 bits per heavy atom. The molecule has 0 rings (SSSR count). The van der Waals surface area contributed by atoms with Gasteiger partial charge in [-0.15, -0.1) is 0 Å². The zero-order valence-corrected chi connectivity index (χ0v) is 7.33. The predicted molar refractivity (Wildman–Crippen MR) is 51.2 cm³/mol. The molecule has 0 N–H and O–H groups in total. The number of hydrogen-bond donors (Lipinski definition) is 0. The van der Waals surface area contributed by atoms with Gasteiger partial charge in [-0.3, -0.25) is 9.98 Å². The molecule has 0 aliphatic rings. The summed E-state index contributed by atoms with van der Waals surface area (Å²) in [5.41, 5.74) is 1.75. The molecule has 11 heavy (non-hydrogen) atoms. The van der Waals surface area contributed by atoms with E-state index in [2.05, 4.69) is 16.6 Å². The lowest BCUT2D eigenvalue weighted by Gasteiger charge is -1.95. The van der Waals surface area contributed by atoms with Gasteiger partial charge in [0.15, 0.2) is 0 Å². The fourth-order valence-electron chi connectivity index (χ4n) is 0.519. The first-order chi connectivity index (χ1) is 5.22. The Hall–Kier alpha value is -1.18. The summed E-state index contributed by atoms with van der Waals surface area (Å²) in [5, 5.41) is 0. The van der Waals surface area contributed by atoms with E-state index in [0.717, 1.165) is 11.3 Å². The van der Waals surface area contributed by atoms with Gasteiger partial charge >= 0.3 is 0 Å². The van der Waals surface area contributed by atoms with Gasteiger partial charge in [-0.05, 0) is 26.3 Å². The molecule has 0 aromatic rings. The van der Waals surface area contributed by atoms with Gasteiger partial charge in [0.25, 0.3) is 0 Å². The van der Waals surface area contributed by atoms with Crippen molar-refractivity contribution in [3.63, 3.8) is 0 Å². The summed E-state index contributed by atoms with van der Waals surface area (Å²) in [6, 6.07) is 0. The van der Waals surface area contributed by atoms with Crippen LogP contribution in [-0.4, -0.2) is 12.4 Å². The summed E-state index contributed by atoms with van der Waals surface area (Å²) >= 11 is 0. The minimum atomic E-state index is 0.762. The zero-order valence-electron chi connectivity index (χ0n) is 7.33. The quantitative estimate of drug-likeness (QED) is 0.436. The first-order valence-electron chi connectivity index (χ1n) is 3.55. The minimum absolute atomic E-state index is 0.762. The normalized spacial score (nSPS) is 13.2. The van der Waals surface area contributed by atoms with E-state index in [1.54, 1.807) is 18.6 Å². The van der Waals surface area contributed by atoms with Crippen LogP contribution in [-0.2, 0) is 0 Å². The van der Waals surface area contributed by atoms with E-state index in [-0.39, 0.29) is 0 Å². The van der Waals surface area contributed by atoms with Crippen LogP contribution >= 0.6 is 0 Å².